The number of amides is 2. The highest BCUT2D eigenvalue weighted by Crippen LogP contribution is 2.28. The van der Waals surface area contributed by atoms with E-state index in [0.717, 1.165) is 17.5 Å². The number of nitrogens with one attached hydrogen (secondary N) is 1. The maximum absolute atomic E-state index is 13.1. The summed E-state index contributed by atoms with van der Waals surface area (Å²) in [6.07, 6.45) is 1.46. The smallest absolute Gasteiger partial charge is 0.267 e. The molecule has 26 heavy (non-hydrogen) atoms. The first kappa shape index (κ1) is 18.1. The number of hydrogen-bond donors (Lipinski definition) is 3. The standard InChI is InChI=1S/C20H23N3O3/c1-2-13-7-9-14(10-8-13)15-5-3-4-6-16(15)20(25)23-12-11-17(21)18(23)19(24)22-26/h3-10,17-18,26H,2,11-12,21H2,1H3,(H,22,24)/t17-,18+/m1/s1. The van der Waals surface area contributed by atoms with Crippen LogP contribution in [-0.2, 0) is 11.2 Å². The number of benzene rings is 2. The van der Waals surface area contributed by atoms with Crippen molar-refractivity contribution in [3.05, 3.63) is 59.7 Å². The second-order valence-corrected chi connectivity index (χ2v) is 6.47. The Balaban J connectivity index is 1.96. The molecule has 0 radical (unpaired) electrons. The molecule has 2 aromatic carbocycles. The number of rotatable bonds is 4. The highest BCUT2D eigenvalue weighted by Gasteiger charge is 2.40. The summed E-state index contributed by atoms with van der Waals surface area (Å²) < 4.78 is 0. The number of nitrogens with two attached hydrogens (primary N) is 1. The molecule has 1 aliphatic rings. The molecule has 0 unspecified atom stereocenters. The van der Waals surface area contributed by atoms with Crippen LogP contribution in [0.2, 0.25) is 0 Å². The van der Waals surface area contributed by atoms with Gasteiger partial charge in [-0.3, -0.25) is 14.8 Å². The molecular weight excluding hydrogens is 330 g/mol. The molecular formula is C20H23N3O3. The fourth-order valence-electron chi connectivity index (χ4n) is 3.44. The molecule has 6 heteroatoms. The van der Waals surface area contributed by atoms with Gasteiger partial charge in [-0.2, -0.15) is 0 Å². The van der Waals surface area contributed by atoms with Crippen molar-refractivity contribution in [1.82, 2.24) is 10.4 Å². The van der Waals surface area contributed by atoms with Gasteiger partial charge in [0.05, 0.1) is 0 Å². The summed E-state index contributed by atoms with van der Waals surface area (Å²) in [4.78, 5) is 26.6. The second kappa shape index (κ2) is 7.68. The van der Waals surface area contributed by atoms with Gasteiger partial charge in [-0.05, 0) is 35.6 Å². The zero-order valence-electron chi connectivity index (χ0n) is 14.7. The van der Waals surface area contributed by atoms with Crippen molar-refractivity contribution >= 4 is 11.8 Å². The minimum atomic E-state index is -0.872. The molecule has 2 atom stereocenters. The van der Waals surface area contributed by atoms with Crippen molar-refractivity contribution in [3.8, 4) is 11.1 Å². The summed E-state index contributed by atoms with van der Waals surface area (Å²) in [5, 5.41) is 8.97. The Bertz CT molecular complexity index is 804. The van der Waals surface area contributed by atoms with Gasteiger partial charge in [-0.25, -0.2) is 5.48 Å². The number of hydrogen-bond acceptors (Lipinski definition) is 4. The predicted octanol–water partition coefficient (Wildman–Crippen LogP) is 1.96. The first-order valence-electron chi connectivity index (χ1n) is 8.75. The highest BCUT2D eigenvalue weighted by atomic mass is 16.5. The van der Waals surface area contributed by atoms with Gasteiger partial charge in [0, 0.05) is 18.2 Å². The molecule has 4 N–H and O–H groups in total. The van der Waals surface area contributed by atoms with Crippen molar-refractivity contribution < 1.29 is 14.8 Å². The lowest BCUT2D eigenvalue weighted by molar-refractivity contribution is -0.133. The highest BCUT2D eigenvalue weighted by molar-refractivity contribution is 6.03. The van der Waals surface area contributed by atoms with Gasteiger partial charge in [0.25, 0.3) is 11.8 Å². The molecule has 1 heterocycles. The van der Waals surface area contributed by atoms with Crippen molar-refractivity contribution in [1.29, 1.82) is 0 Å². The second-order valence-electron chi connectivity index (χ2n) is 6.47. The van der Waals surface area contributed by atoms with Crippen LogP contribution < -0.4 is 11.2 Å². The first-order valence-corrected chi connectivity index (χ1v) is 8.75. The quantitative estimate of drug-likeness (QED) is 0.578. The monoisotopic (exact) mass is 353 g/mol. The van der Waals surface area contributed by atoms with Crippen LogP contribution in [0, 0.1) is 0 Å². The van der Waals surface area contributed by atoms with Crippen LogP contribution in [0.3, 0.4) is 0 Å². The largest absolute Gasteiger partial charge is 0.325 e. The Hall–Kier alpha value is -2.70. The Labute approximate surface area is 152 Å². The average Bonchev–Trinajstić information content (AvgIpc) is 3.08. The van der Waals surface area contributed by atoms with Gasteiger partial charge >= 0.3 is 0 Å². The van der Waals surface area contributed by atoms with Gasteiger partial charge in [0.2, 0.25) is 0 Å². The molecule has 2 amide bonds. The number of likely N-dealkylation sites (tertiary alicyclic amines) is 1. The van der Waals surface area contributed by atoms with E-state index in [0.29, 0.717) is 18.5 Å². The van der Waals surface area contributed by atoms with Crippen molar-refractivity contribution in [2.24, 2.45) is 5.73 Å². The predicted molar refractivity (Wildman–Crippen MR) is 98.6 cm³/mol. The topological polar surface area (TPSA) is 95.7 Å². The van der Waals surface area contributed by atoms with Gasteiger partial charge in [-0.1, -0.05) is 49.4 Å². The van der Waals surface area contributed by atoms with E-state index in [1.807, 2.05) is 36.4 Å². The van der Waals surface area contributed by atoms with E-state index in [4.69, 9.17) is 10.9 Å². The van der Waals surface area contributed by atoms with E-state index >= 15 is 0 Å². The number of hydroxylamine groups is 1. The lowest BCUT2D eigenvalue weighted by Gasteiger charge is -2.25. The first-order chi connectivity index (χ1) is 12.6. The van der Waals surface area contributed by atoms with Crippen LogP contribution in [0.1, 0.15) is 29.3 Å². The summed E-state index contributed by atoms with van der Waals surface area (Å²) in [5.41, 5.74) is 11.1. The average molecular weight is 353 g/mol. The maximum atomic E-state index is 13.1. The van der Waals surface area contributed by atoms with E-state index < -0.39 is 18.0 Å². The molecule has 2 aromatic rings. The third kappa shape index (κ3) is 3.34. The fourth-order valence-corrected chi connectivity index (χ4v) is 3.44. The van der Waals surface area contributed by atoms with Gasteiger partial charge in [0.1, 0.15) is 6.04 Å². The summed E-state index contributed by atoms with van der Waals surface area (Å²) in [6, 6.07) is 14.0. The van der Waals surface area contributed by atoms with Crippen LogP contribution in [0.5, 0.6) is 0 Å². The molecule has 136 valence electrons. The third-order valence-electron chi connectivity index (χ3n) is 4.92. The van der Waals surface area contributed by atoms with E-state index in [1.54, 1.807) is 17.6 Å². The normalized spacial score (nSPS) is 19.4. The summed E-state index contributed by atoms with van der Waals surface area (Å²) >= 11 is 0. The van der Waals surface area contributed by atoms with E-state index in [-0.39, 0.29) is 5.91 Å². The minimum absolute atomic E-state index is 0.262. The van der Waals surface area contributed by atoms with Crippen LogP contribution >= 0.6 is 0 Å². The Kier molecular flexibility index (Phi) is 5.35. The van der Waals surface area contributed by atoms with Gasteiger partial charge in [0.15, 0.2) is 0 Å². The number of nitrogens with zero attached hydrogens (tertiary/aromatic N) is 1. The van der Waals surface area contributed by atoms with Crippen LogP contribution in [0.4, 0.5) is 0 Å². The number of carbonyl (C=O) groups is 2. The molecule has 0 bridgehead atoms. The number of carbonyl (C=O) groups excluding carboxylic acids is 2. The zero-order valence-corrected chi connectivity index (χ0v) is 14.7. The molecule has 3 rings (SSSR count). The number of aryl methyl sites for hydroxylation is 1. The van der Waals surface area contributed by atoms with Crippen molar-refractivity contribution in [2.45, 2.75) is 31.8 Å². The van der Waals surface area contributed by atoms with Crippen molar-refractivity contribution in [3.63, 3.8) is 0 Å². The lowest BCUT2D eigenvalue weighted by atomic mass is 9.97. The molecule has 6 nitrogen and oxygen atoms in total. The summed E-state index contributed by atoms with van der Waals surface area (Å²) in [6.45, 7) is 2.47. The third-order valence-corrected chi connectivity index (χ3v) is 4.92. The molecule has 0 aliphatic carbocycles. The van der Waals surface area contributed by atoms with Gasteiger partial charge in [-0.15, -0.1) is 0 Å². The van der Waals surface area contributed by atoms with Crippen LogP contribution in [0.15, 0.2) is 48.5 Å². The molecule has 1 fully saturated rings. The summed E-state index contributed by atoms with van der Waals surface area (Å²) in [5.74, 6) is -0.921. The fraction of sp³-hybridized carbons (Fsp3) is 0.300. The minimum Gasteiger partial charge on any atom is -0.325 e. The van der Waals surface area contributed by atoms with Crippen molar-refractivity contribution in [2.75, 3.05) is 6.54 Å². The van der Waals surface area contributed by atoms with Gasteiger partial charge < -0.3 is 10.6 Å². The molecule has 1 saturated heterocycles. The zero-order chi connectivity index (χ0) is 18.7. The summed E-state index contributed by atoms with van der Waals surface area (Å²) in [7, 11) is 0. The SMILES string of the molecule is CCc1ccc(-c2ccccc2C(=O)N2CC[C@@H](N)[C@H]2C(=O)NO)cc1. The lowest BCUT2D eigenvalue weighted by Crippen LogP contribution is -2.51. The Morgan fingerprint density at radius 1 is 1.19 bits per heavy atom. The van der Waals surface area contributed by atoms with E-state index in [9.17, 15) is 9.59 Å². The molecule has 0 spiro atoms. The molecule has 0 saturated carbocycles. The Morgan fingerprint density at radius 3 is 2.54 bits per heavy atom. The Morgan fingerprint density at radius 2 is 1.88 bits per heavy atom. The van der Waals surface area contributed by atoms with Crippen LogP contribution in [0.25, 0.3) is 11.1 Å². The van der Waals surface area contributed by atoms with E-state index in [1.165, 1.54) is 10.5 Å². The van der Waals surface area contributed by atoms with E-state index in [2.05, 4.69) is 6.92 Å². The molecule has 0 aromatic heterocycles. The molecule has 1 aliphatic heterocycles. The van der Waals surface area contributed by atoms with Crippen LogP contribution in [-0.4, -0.2) is 40.5 Å². The maximum Gasteiger partial charge on any atom is 0.267 e.